The van der Waals surface area contributed by atoms with Gasteiger partial charge < -0.3 is 5.32 Å². The summed E-state index contributed by atoms with van der Waals surface area (Å²) in [4.78, 5) is 14.2. The van der Waals surface area contributed by atoms with Gasteiger partial charge in [0.2, 0.25) is 0 Å². The fraction of sp³-hybridized carbons (Fsp3) is 0.500. The van der Waals surface area contributed by atoms with E-state index in [0.717, 1.165) is 30.6 Å². The Morgan fingerprint density at radius 1 is 1.65 bits per heavy atom. The van der Waals surface area contributed by atoms with Gasteiger partial charge in [0.1, 0.15) is 0 Å². The molecule has 1 aliphatic rings. The van der Waals surface area contributed by atoms with Gasteiger partial charge in [0.05, 0.1) is 10.9 Å². The van der Waals surface area contributed by atoms with E-state index in [9.17, 15) is 4.79 Å². The molecule has 0 saturated carbocycles. The topological polar surface area (TPSA) is 29.1 Å². The minimum atomic E-state index is -0.135. The number of terminal acetylenes is 1. The van der Waals surface area contributed by atoms with Crippen LogP contribution in [-0.2, 0) is 12.8 Å². The second-order valence-electron chi connectivity index (χ2n) is 4.39. The lowest BCUT2D eigenvalue weighted by Gasteiger charge is -2.10. The normalized spacial score (nSPS) is 15.1. The van der Waals surface area contributed by atoms with E-state index in [2.05, 4.69) is 18.2 Å². The van der Waals surface area contributed by atoms with Gasteiger partial charge in [-0.05, 0) is 37.3 Å². The predicted molar refractivity (Wildman–Crippen MR) is 71.3 cm³/mol. The van der Waals surface area contributed by atoms with Gasteiger partial charge in [0.15, 0.2) is 0 Å². The standard InChI is InChI=1S/C14H17NOS/c1-3-6-11(4-2)15-14(16)13-9-10-7-5-8-12(10)17-13/h2,9,11H,3,5-8H2,1H3,(H,15,16). The molecule has 1 aliphatic carbocycles. The zero-order valence-electron chi connectivity index (χ0n) is 10.1. The van der Waals surface area contributed by atoms with Gasteiger partial charge in [-0.15, -0.1) is 17.8 Å². The Hall–Kier alpha value is -1.27. The SMILES string of the molecule is C#CC(CCC)NC(=O)c1cc2c(s1)CCC2. The molecule has 1 aromatic rings. The van der Waals surface area contributed by atoms with Crippen LogP contribution >= 0.6 is 11.3 Å². The molecule has 1 atom stereocenters. The Bertz CT molecular complexity index is 434. The van der Waals surface area contributed by atoms with E-state index in [1.807, 2.05) is 6.07 Å². The van der Waals surface area contributed by atoms with E-state index in [-0.39, 0.29) is 11.9 Å². The van der Waals surface area contributed by atoms with Gasteiger partial charge in [-0.25, -0.2) is 0 Å². The summed E-state index contributed by atoms with van der Waals surface area (Å²) in [6.07, 6.45) is 10.7. The van der Waals surface area contributed by atoms with Crippen molar-refractivity contribution in [2.75, 3.05) is 0 Å². The number of hydrogen-bond acceptors (Lipinski definition) is 2. The first-order valence-electron chi connectivity index (χ1n) is 6.13. The fourth-order valence-electron chi connectivity index (χ4n) is 2.16. The Morgan fingerprint density at radius 3 is 3.12 bits per heavy atom. The van der Waals surface area contributed by atoms with Crippen LogP contribution in [0, 0.1) is 12.3 Å². The van der Waals surface area contributed by atoms with Crippen LogP contribution in [0.2, 0.25) is 0 Å². The molecular weight excluding hydrogens is 230 g/mol. The number of aryl methyl sites for hydroxylation is 2. The minimum absolute atomic E-state index is 0.0131. The maximum atomic E-state index is 12.0. The average molecular weight is 247 g/mol. The third-order valence-corrected chi connectivity index (χ3v) is 4.29. The van der Waals surface area contributed by atoms with Gasteiger partial charge in [0.25, 0.3) is 5.91 Å². The van der Waals surface area contributed by atoms with Crippen LogP contribution in [0.4, 0.5) is 0 Å². The average Bonchev–Trinajstić information content (AvgIpc) is 2.88. The van der Waals surface area contributed by atoms with Crippen LogP contribution in [0.25, 0.3) is 0 Å². The largest absolute Gasteiger partial charge is 0.338 e. The number of amides is 1. The van der Waals surface area contributed by atoms with E-state index < -0.39 is 0 Å². The number of rotatable bonds is 4. The Kier molecular flexibility index (Phi) is 3.86. The second kappa shape index (κ2) is 5.37. The van der Waals surface area contributed by atoms with Crippen LogP contribution in [0.3, 0.4) is 0 Å². The molecule has 0 bridgehead atoms. The molecular formula is C14H17NOS. The predicted octanol–water partition coefficient (Wildman–Crippen LogP) is 2.77. The summed E-state index contributed by atoms with van der Waals surface area (Å²) in [6, 6.07) is 1.89. The summed E-state index contributed by atoms with van der Waals surface area (Å²) in [5, 5.41) is 2.91. The van der Waals surface area contributed by atoms with Crippen molar-refractivity contribution in [3.63, 3.8) is 0 Å². The van der Waals surface area contributed by atoms with Crippen molar-refractivity contribution < 1.29 is 4.79 Å². The van der Waals surface area contributed by atoms with Crippen molar-refractivity contribution in [3.05, 3.63) is 21.4 Å². The Labute approximate surface area is 106 Å². The fourth-order valence-corrected chi connectivity index (χ4v) is 3.31. The third kappa shape index (κ3) is 2.70. The van der Waals surface area contributed by atoms with E-state index in [4.69, 9.17) is 6.42 Å². The summed E-state index contributed by atoms with van der Waals surface area (Å²) in [7, 11) is 0. The number of carbonyl (C=O) groups excluding carboxylic acids is 1. The molecule has 0 radical (unpaired) electrons. The zero-order valence-corrected chi connectivity index (χ0v) is 10.9. The molecule has 1 aromatic heterocycles. The highest BCUT2D eigenvalue weighted by atomic mass is 32.1. The van der Waals surface area contributed by atoms with E-state index >= 15 is 0 Å². The quantitative estimate of drug-likeness (QED) is 0.814. The number of carbonyl (C=O) groups is 1. The molecule has 0 aliphatic heterocycles. The molecule has 1 heterocycles. The van der Waals surface area contributed by atoms with Crippen molar-refractivity contribution in [2.24, 2.45) is 0 Å². The number of thiophene rings is 1. The number of hydrogen-bond donors (Lipinski definition) is 1. The molecule has 0 saturated heterocycles. The summed E-state index contributed by atoms with van der Waals surface area (Å²) < 4.78 is 0. The lowest BCUT2D eigenvalue weighted by molar-refractivity contribution is 0.0948. The first-order valence-corrected chi connectivity index (χ1v) is 6.94. The second-order valence-corrected chi connectivity index (χ2v) is 5.53. The highest BCUT2D eigenvalue weighted by Crippen LogP contribution is 2.30. The third-order valence-electron chi connectivity index (χ3n) is 3.05. The molecule has 1 amide bonds. The summed E-state index contributed by atoms with van der Waals surface area (Å²) in [5.41, 5.74) is 1.35. The van der Waals surface area contributed by atoms with Crippen LogP contribution in [0.1, 0.15) is 46.3 Å². The highest BCUT2D eigenvalue weighted by Gasteiger charge is 2.19. The summed E-state index contributed by atoms with van der Waals surface area (Å²) >= 11 is 1.62. The molecule has 3 heteroatoms. The molecule has 2 nitrogen and oxygen atoms in total. The van der Waals surface area contributed by atoms with E-state index in [0.29, 0.717) is 0 Å². The molecule has 0 aromatic carbocycles. The number of nitrogens with one attached hydrogen (secondary N) is 1. The van der Waals surface area contributed by atoms with Gasteiger partial charge in [-0.2, -0.15) is 0 Å². The first kappa shape index (κ1) is 12.2. The molecule has 1 unspecified atom stereocenters. The lowest BCUT2D eigenvalue weighted by Crippen LogP contribution is -2.33. The van der Waals surface area contributed by atoms with Crippen LogP contribution in [0.15, 0.2) is 6.07 Å². The molecule has 17 heavy (non-hydrogen) atoms. The van der Waals surface area contributed by atoms with Gasteiger partial charge >= 0.3 is 0 Å². The van der Waals surface area contributed by atoms with Gasteiger partial charge in [0, 0.05) is 4.88 Å². The Balaban J connectivity index is 2.02. The van der Waals surface area contributed by atoms with Crippen molar-refractivity contribution in [1.82, 2.24) is 5.32 Å². The monoisotopic (exact) mass is 247 g/mol. The molecule has 0 spiro atoms. The van der Waals surface area contributed by atoms with Crippen LogP contribution < -0.4 is 5.32 Å². The lowest BCUT2D eigenvalue weighted by atomic mass is 10.2. The van der Waals surface area contributed by atoms with Crippen LogP contribution in [0.5, 0.6) is 0 Å². The molecule has 1 N–H and O–H groups in total. The molecule has 90 valence electrons. The van der Waals surface area contributed by atoms with Gasteiger partial charge in [-0.1, -0.05) is 19.3 Å². The van der Waals surface area contributed by atoms with E-state index in [1.54, 1.807) is 11.3 Å². The van der Waals surface area contributed by atoms with Crippen molar-refractivity contribution in [1.29, 1.82) is 0 Å². The molecule has 2 rings (SSSR count). The number of fused-ring (bicyclic) bond motifs is 1. The maximum Gasteiger partial charge on any atom is 0.262 e. The highest BCUT2D eigenvalue weighted by molar-refractivity contribution is 7.14. The molecule has 0 fully saturated rings. The maximum absolute atomic E-state index is 12.0. The first-order chi connectivity index (χ1) is 8.24. The Morgan fingerprint density at radius 2 is 2.47 bits per heavy atom. The van der Waals surface area contributed by atoms with Crippen molar-refractivity contribution in [3.8, 4) is 12.3 Å². The summed E-state index contributed by atoms with van der Waals surface area (Å²) in [6.45, 7) is 2.07. The van der Waals surface area contributed by atoms with Crippen molar-refractivity contribution >= 4 is 17.2 Å². The smallest absolute Gasteiger partial charge is 0.262 e. The van der Waals surface area contributed by atoms with Crippen LogP contribution in [-0.4, -0.2) is 11.9 Å². The zero-order chi connectivity index (χ0) is 12.3. The van der Waals surface area contributed by atoms with Gasteiger partial charge in [-0.3, -0.25) is 4.79 Å². The summed E-state index contributed by atoms with van der Waals surface area (Å²) in [5.74, 6) is 2.61. The van der Waals surface area contributed by atoms with E-state index in [1.165, 1.54) is 16.9 Å². The van der Waals surface area contributed by atoms with Crippen molar-refractivity contribution in [2.45, 2.75) is 45.1 Å². The minimum Gasteiger partial charge on any atom is -0.338 e.